The predicted molar refractivity (Wildman–Crippen MR) is 105 cm³/mol. The third-order valence-electron chi connectivity index (χ3n) is 5.24. The lowest BCUT2D eigenvalue weighted by molar-refractivity contribution is -0.120. The molecule has 4 amide bonds. The molecule has 0 spiro atoms. The van der Waals surface area contributed by atoms with Crippen LogP contribution in [0.15, 0.2) is 18.2 Å². The number of benzene rings is 1. The van der Waals surface area contributed by atoms with Crippen LogP contribution < -0.4 is 15.5 Å². The van der Waals surface area contributed by atoms with Crippen molar-refractivity contribution in [1.29, 1.82) is 0 Å². The van der Waals surface area contributed by atoms with E-state index in [9.17, 15) is 14.4 Å². The number of fused-ring (bicyclic) bond motifs is 1. The molecule has 148 valence electrons. The van der Waals surface area contributed by atoms with Gasteiger partial charge in [0.25, 0.3) is 0 Å². The highest BCUT2D eigenvalue weighted by atomic mass is 16.2. The number of para-hydroxylation sites is 1. The van der Waals surface area contributed by atoms with Gasteiger partial charge in [-0.1, -0.05) is 12.5 Å². The average Bonchev–Trinajstić information content (AvgIpc) is 3.00. The van der Waals surface area contributed by atoms with Crippen molar-refractivity contribution in [1.82, 2.24) is 20.0 Å². The Hall–Kier alpha value is -2.94. The zero-order valence-corrected chi connectivity index (χ0v) is 15.9. The normalized spacial score (nSPS) is 18.4. The van der Waals surface area contributed by atoms with E-state index in [1.54, 1.807) is 11.7 Å². The van der Waals surface area contributed by atoms with E-state index in [1.807, 2.05) is 18.2 Å². The molecule has 2 aliphatic rings. The van der Waals surface area contributed by atoms with Crippen molar-refractivity contribution < 1.29 is 14.4 Å². The second-order valence-corrected chi connectivity index (χ2v) is 7.29. The Morgan fingerprint density at radius 2 is 1.96 bits per heavy atom. The van der Waals surface area contributed by atoms with Gasteiger partial charge in [-0.15, -0.1) is 0 Å². The molecule has 0 radical (unpaired) electrons. The van der Waals surface area contributed by atoms with Crippen molar-refractivity contribution in [3.63, 3.8) is 0 Å². The number of aryl methyl sites for hydroxylation is 1. The lowest BCUT2D eigenvalue weighted by Gasteiger charge is -2.25. The van der Waals surface area contributed by atoms with Crippen molar-refractivity contribution in [2.24, 2.45) is 7.05 Å². The van der Waals surface area contributed by atoms with Gasteiger partial charge in [-0.25, -0.2) is 4.79 Å². The SMILES string of the molecule is Cn1nc(N2CCC(=O)NC2=O)c2cccc(NC(=O)CN3CCCCC3)c21. The van der Waals surface area contributed by atoms with Crippen LogP contribution in [0.4, 0.5) is 16.3 Å². The highest BCUT2D eigenvalue weighted by Crippen LogP contribution is 2.31. The molecule has 0 unspecified atom stereocenters. The average molecular weight is 384 g/mol. The molecule has 9 nitrogen and oxygen atoms in total. The minimum absolute atomic E-state index is 0.0570. The molecular weight excluding hydrogens is 360 g/mol. The van der Waals surface area contributed by atoms with E-state index in [1.165, 1.54) is 11.3 Å². The van der Waals surface area contributed by atoms with E-state index < -0.39 is 6.03 Å². The van der Waals surface area contributed by atoms with Crippen LogP contribution in [0.1, 0.15) is 25.7 Å². The topological polar surface area (TPSA) is 99.6 Å². The van der Waals surface area contributed by atoms with Crippen LogP contribution >= 0.6 is 0 Å². The molecule has 2 saturated heterocycles. The number of rotatable bonds is 4. The van der Waals surface area contributed by atoms with Gasteiger partial charge < -0.3 is 5.32 Å². The first-order valence-corrected chi connectivity index (χ1v) is 9.62. The molecule has 9 heteroatoms. The van der Waals surface area contributed by atoms with E-state index in [-0.39, 0.29) is 24.8 Å². The molecule has 2 N–H and O–H groups in total. The number of carbonyl (C=O) groups excluding carboxylic acids is 3. The standard InChI is InChI=1S/C19H24N6O3/c1-23-17-13(18(22-23)25-11-8-15(26)21-19(25)28)6-5-7-14(17)20-16(27)12-24-9-3-2-4-10-24/h5-7H,2-4,8-12H2,1H3,(H,20,27)(H,21,26,28). The largest absolute Gasteiger partial charge is 0.329 e. The highest BCUT2D eigenvalue weighted by molar-refractivity contribution is 6.11. The molecule has 1 aromatic carbocycles. The number of hydrogen-bond acceptors (Lipinski definition) is 5. The highest BCUT2D eigenvalue weighted by Gasteiger charge is 2.28. The maximum atomic E-state index is 12.5. The Morgan fingerprint density at radius 3 is 2.71 bits per heavy atom. The third-order valence-corrected chi connectivity index (χ3v) is 5.24. The smallest absolute Gasteiger partial charge is 0.323 e. The number of imide groups is 1. The predicted octanol–water partition coefficient (Wildman–Crippen LogP) is 1.44. The number of anilines is 2. The molecule has 4 rings (SSSR count). The summed E-state index contributed by atoms with van der Waals surface area (Å²) in [5.74, 6) is 0.139. The van der Waals surface area contributed by atoms with Crippen molar-refractivity contribution in [3.8, 4) is 0 Å². The molecule has 28 heavy (non-hydrogen) atoms. The first kappa shape index (κ1) is 18.4. The fraction of sp³-hybridized carbons (Fsp3) is 0.474. The summed E-state index contributed by atoms with van der Waals surface area (Å²) >= 11 is 0. The summed E-state index contributed by atoms with van der Waals surface area (Å²) in [5.41, 5.74) is 1.41. The van der Waals surface area contributed by atoms with Gasteiger partial charge in [0, 0.05) is 25.4 Å². The van der Waals surface area contributed by atoms with E-state index in [2.05, 4.69) is 20.6 Å². The molecule has 2 fully saturated rings. The lowest BCUT2D eigenvalue weighted by atomic mass is 10.1. The molecule has 0 atom stereocenters. The van der Waals surface area contributed by atoms with E-state index in [4.69, 9.17) is 0 Å². The quantitative estimate of drug-likeness (QED) is 0.831. The van der Waals surface area contributed by atoms with Crippen LogP contribution in [0.3, 0.4) is 0 Å². The van der Waals surface area contributed by atoms with Gasteiger partial charge in [0.15, 0.2) is 5.82 Å². The minimum atomic E-state index is -0.476. The molecule has 2 aliphatic heterocycles. The van der Waals surface area contributed by atoms with Crippen LogP contribution in [0.5, 0.6) is 0 Å². The first-order valence-electron chi connectivity index (χ1n) is 9.62. The van der Waals surface area contributed by atoms with E-state index >= 15 is 0 Å². The number of urea groups is 1. The number of aromatic nitrogens is 2. The van der Waals surface area contributed by atoms with Crippen LogP contribution in [-0.4, -0.2) is 58.7 Å². The molecule has 1 aromatic heterocycles. The minimum Gasteiger partial charge on any atom is -0.323 e. The van der Waals surface area contributed by atoms with Gasteiger partial charge in [-0.05, 0) is 38.1 Å². The summed E-state index contributed by atoms with van der Waals surface area (Å²) in [7, 11) is 1.78. The molecule has 0 aliphatic carbocycles. The Bertz CT molecular complexity index is 931. The third kappa shape index (κ3) is 3.57. The zero-order chi connectivity index (χ0) is 19.7. The fourth-order valence-electron chi connectivity index (χ4n) is 3.90. The monoisotopic (exact) mass is 384 g/mol. The zero-order valence-electron chi connectivity index (χ0n) is 15.9. The number of amides is 4. The summed E-state index contributed by atoms with van der Waals surface area (Å²) in [4.78, 5) is 39.8. The Labute approximate surface area is 162 Å². The Kier molecular flexibility index (Phi) is 4.99. The van der Waals surface area contributed by atoms with Gasteiger partial charge in [0.2, 0.25) is 11.8 Å². The molecule has 0 saturated carbocycles. The van der Waals surface area contributed by atoms with Gasteiger partial charge in [-0.2, -0.15) is 5.10 Å². The van der Waals surface area contributed by atoms with Crippen LogP contribution in [0, 0.1) is 0 Å². The summed E-state index contributed by atoms with van der Waals surface area (Å²) < 4.78 is 1.66. The molecule has 3 heterocycles. The number of piperidine rings is 1. The van der Waals surface area contributed by atoms with E-state index in [0.29, 0.717) is 18.1 Å². The number of likely N-dealkylation sites (tertiary alicyclic amines) is 1. The molecule has 0 bridgehead atoms. The summed E-state index contributed by atoms with van der Waals surface area (Å²) in [6.07, 6.45) is 3.73. The van der Waals surface area contributed by atoms with Crippen LogP contribution in [0.25, 0.3) is 10.9 Å². The summed E-state index contributed by atoms with van der Waals surface area (Å²) in [6, 6.07) is 5.05. The first-order chi connectivity index (χ1) is 13.5. The fourth-order valence-corrected chi connectivity index (χ4v) is 3.90. The van der Waals surface area contributed by atoms with Crippen LogP contribution in [-0.2, 0) is 16.6 Å². The summed E-state index contributed by atoms with van der Waals surface area (Å²) in [5, 5.41) is 10.5. The second-order valence-electron chi connectivity index (χ2n) is 7.29. The van der Waals surface area contributed by atoms with Crippen molar-refractivity contribution in [3.05, 3.63) is 18.2 Å². The van der Waals surface area contributed by atoms with Gasteiger partial charge >= 0.3 is 6.03 Å². The number of nitrogens with zero attached hydrogens (tertiary/aromatic N) is 4. The summed E-state index contributed by atoms with van der Waals surface area (Å²) in [6.45, 7) is 2.56. The van der Waals surface area contributed by atoms with Gasteiger partial charge in [0.1, 0.15) is 0 Å². The van der Waals surface area contributed by atoms with Crippen LogP contribution in [0.2, 0.25) is 0 Å². The maximum absolute atomic E-state index is 12.5. The molecule has 2 aromatic rings. The number of nitrogens with one attached hydrogen (secondary N) is 2. The van der Waals surface area contributed by atoms with Gasteiger partial charge in [0.05, 0.1) is 17.7 Å². The lowest BCUT2D eigenvalue weighted by Crippen LogP contribution is -2.49. The number of hydrogen-bond donors (Lipinski definition) is 2. The Morgan fingerprint density at radius 1 is 1.18 bits per heavy atom. The Balaban J connectivity index is 1.58. The molecular formula is C19H24N6O3. The van der Waals surface area contributed by atoms with Crippen molar-refractivity contribution >= 4 is 40.3 Å². The van der Waals surface area contributed by atoms with Crippen molar-refractivity contribution in [2.75, 3.05) is 36.4 Å². The van der Waals surface area contributed by atoms with E-state index in [0.717, 1.165) is 36.8 Å². The second kappa shape index (κ2) is 7.59. The number of carbonyl (C=O) groups is 3. The van der Waals surface area contributed by atoms with Gasteiger partial charge in [-0.3, -0.25) is 29.4 Å². The van der Waals surface area contributed by atoms with Crippen molar-refractivity contribution in [2.45, 2.75) is 25.7 Å². The maximum Gasteiger partial charge on any atom is 0.329 e.